The van der Waals surface area contributed by atoms with Crippen molar-refractivity contribution >= 4 is 38.6 Å². The first-order valence-electron chi connectivity index (χ1n) is 17.5. The molecule has 0 fully saturated rings. The van der Waals surface area contributed by atoms with Crippen molar-refractivity contribution in [1.29, 1.82) is 0 Å². The van der Waals surface area contributed by atoms with E-state index in [1.807, 2.05) is 0 Å². The Balaban J connectivity index is 1.27. The summed E-state index contributed by atoms with van der Waals surface area (Å²) in [7, 11) is 0. The summed E-state index contributed by atoms with van der Waals surface area (Å²) >= 11 is 0. The molecule has 0 spiro atoms. The molecule has 0 atom stereocenters. The van der Waals surface area contributed by atoms with Crippen molar-refractivity contribution in [3.05, 3.63) is 212 Å². The number of fused-ring (bicyclic) bond motifs is 2. The fourth-order valence-electron chi connectivity index (χ4n) is 7.28. The molecule has 9 aromatic rings. The van der Waals surface area contributed by atoms with E-state index in [0.29, 0.717) is 0 Å². The normalized spacial score (nSPS) is 11.1. The van der Waals surface area contributed by atoms with Crippen molar-refractivity contribution in [2.75, 3.05) is 4.90 Å². The van der Waals surface area contributed by atoms with Crippen molar-refractivity contribution in [3.8, 4) is 44.5 Å². The first-order valence-corrected chi connectivity index (χ1v) is 17.5. The zero-order valence-electron chi connectivity index (χ0n) is 28.2. The monoisotopic (exact) mass is 649 g/mol. The molecule has 0 bridgehead atoms. The minimum absolute atomic E-state index is 1.09. The number of nitrogens with zero attached hydrogens (tertiary/aromatic N) is 1. The molecule has 240 valence electrons. The SMILES string of the molecule is c1ccc(-c2ccc(N(c3cccc(-c4ccc5ccccc5c4)c3)c3cc(-c4cccc5ccccc45)ccc3-c3ccccc3)cc2)cc1. The van der Waals surface area contributed by atoms with E-state index in [1.54, 1.807) is 0 Å². The van der Waals surface area contributed by atoms with E-state index >= 15 is 0 Å². The minimum atomic E-state index is 1.09. The maximum absolute atomic E-state index is 2.43. The lowest BCUT2D eigenvalue weighted by atomic mass is 9.94. The summed E-state index contributed by atoms with van der Waals surface area (Å²) in [5.41, 5.74) is 12.8. The molecule has 0 aliphatic carbocycles. The topological polar surface area (TPSA) is 3.24 Å². The Morgan fingerprint density at radius 1 is 0.255 bits per heavy atom. The van der Waals surface area contributed by atoms with Crippen LogP contribution in [-0.4, -0.2) is 0 Å². The van der Waals surface area contributed by atoms with Gasteiger partial charge in [0.25, 0.3) is 0 Å². The average Bonchev–Trinajstić information content (AvgIpc) is 3.21. The molecular weight excluding hydrogens is 615 g/mol. The lowest BCUT2D eigenvalue weighted by molar-refractivity contribution is 1.28. The summed E-state index contributed by atoms with van der Waals surface area (Å²) in [6, 6.07) is 76.8. The molecule has 0 aliphatic rings. The van der Waals surface area contributed by atoms with Gasteiger partial charge in [-0.1, -0.05) is 176 Å². The molecule has 0 N–H and O–H groups in total. The molecule has 0 radical (unpaired) electrons. The highest BCUT2D eigenvalue weighted by Crippen LogP contribution is 2.45. The third kappa shape index (κ3) is 5.96. The van der Waals surface area contributed by atoms with Crippen molar-refractivity contribution in [2.45, 2.75) is 0 Å². The van der Waals surface area contributed by atoms with Crippen molar-refractivity contribution in [3.63, 3.8) is 0 Å². The smallest absolute Gasteiger partial charge is 0.0546 e. The van der Waals surface area contributed by atoms with Crippen LogP contribution in [0.2, 0.25) is 0 Å². The number of anilines is 3. The van der Waals surface area contributed by atoms with Gasteiger partial charge in [0.1, 0.15) is 0 Å². The standard InChI is InChI=1S/C50H35N/c1-3-13-36(14-4-1)38-27-30-45(31-28-38)51(46-22-11-21-42(34-46)43-26-25-37-15-7-8-19-41(37)33-43)50-35-44(29-32-49(50)40-16-5-2-6-17-40)48-24-12-20-39-18-9-10-23-47(39)48/h1-35H. The molecule has 1 nitrogen and oxygen atoms in total. The molecule has 0 saturated carbocycles. The molecule has 0 unspecified atom stereocenters. The fraction of sp³-hybridized carbons (Fsp3) is 0. The molecule has 1 heteroatoms. The van der Waals surface area contributed by atoms with E-state index in [4.69, 9.17) is 0 Å². The van der Waals surface area contributed by atoms with Gasteiger partial charge in [0.15, 0.2) is 0 Å². The van der Waals surface area contributed by atoms with E-state index in [-0.39, 0.29) is 0 Å². The second-order valence-corrected chi connectivity index (χ2v) is 13.0. The fourth-order valence-corrected chi connectivity index (χ4v) is 7.28. The maximum atomic E-state index is 2.43. The summed E-state index contributed by atoms with van der Waals surface area (Å²) in [5, 5.41) is 4.97. The van der Waals surface area contributed by atoms with Gasteiger partial charge in [-0.25, -0.2) is 0 Å². The Bertz CT molecular complexity index is 2620. The number of rotatable bonds is 7. The summed E-state index contributed by atoms with van der Waals surface area (Å²) in [4.78, 5) is 2.43. The van der Waals surface area contributed by atoms with Crippen LogP contribution in [0.5, 0.6) is 0 Å². The van der Waals surface area contributed by atoms with Crippen molar-refractivity contribution in [2.24, 2.45) is 0 Å². The second kappa shape index (κ2) is 13.3. The molecule has 0 aromatic heterocycles. The molecule has 51 heavy (non-hydrogen) atoms. The van der Waals surface area contributed by atoms with Gasteiger partial charge in [-0.05, 0) is 96.9 Å². The highest BCUT2D eigenvalue weighted by Gasteiger charge is 2.20. The lowest BCUT2D eigenvalue weighted by Crippen LogP contribution is -2.11. The summed E-state index contributed by atoms with van der Waals surface area (Å²) in [5.74, 6) is 0. The van der Waals surface area contributed by atoms with Gasteiger partial charge < -0.3 is 4.90 Å². The summed E-state index contributed by atoms with van der Waals surface area (Å²) in [6.45, 7) is 0. The van der Waals surface area contributed by atoms with Crippen molar-refractivity contribution < 1.29 is 0 Å². The molecule has 0 amide bonds. The molecule has 0 saturated heterocycles. The Morgan fingerprint density at radius 2 is 0.824 bits per heavy atom. The Morgan fingerprint density at radius 3 is 1.63 bits per heavy atom. The van der Waals surface area contributed by atoms with Gasteiger partial charge in [0, 0.05) is 16.9 Å². The van der Waals surface area contributed by atoms with Crippen LogP contribution in [0.1, 0.15) is 0 Å². The number of hydrogen-bond donors (Lipinski definition) is 0. The second-order valence-electron chi connectivity index (χ2n) is 13.0. The zero-order chi connectivity index (χ0) is 34.0. The zero-order valence-corrected chi connectivity index (χ0v) is 28.2. The van der Waals surface area contributed by atoms with Gasteiger partial charge in [0.2, 0.25) is 0 Å². The Kier molecular flexibility index (Phi) is 7.92. The first kappa shape index (κ1) is 30.4. The lowest BCUT2D eigenvalue weighted by Gasteiger charge is -2.29. The first-order chi connectivity index (χ1) is 25.3. The number of benzene rings is 9. The van der Waals surface area contributed by atoms with Gasteiger partial charge in [-0.3, -0.25) is 0 Å². The maximum Gasteiger partial charge on any atom is 0.0546 e. The van der Waals surface area contributed by atoms with Crippen LogP contribution < -0.4 is 4.90 Å². The average molecular weight is 650 g/mol. The van der Waals surface area contributed by atoms with Crippen LogP contribution in [-0.2, 0) is 0 Å². The van der Waals surface area contributed by atoms with Gasteiger partial charge in [-0.2, -0.15) is 0 Å². The molecule has 0 heterocycles. The third-order valence-electron chi connectivity index (χ3n) is 9.84. The predicted octanol–water partition coefficient (Wildman–Crippen LogP) is 14.1. The Labute approximate surface area is 299 Å². The summed E-state index contributed by atoms with van der Waals surface area (Å²) < 4.78 is 0. The van der Waals surface area contributed by atoms with Gasteiger partial charge in [0.05, 0.1) is 5.69 Å². The third-order valence-corrected chi connectivity index (χ3v) is 9.84. The van der Waals surface area contributed by atoms with E-state index in [9.17, 15) is 0 Å². The van der Waals surface area contributed by atoms with Crippen LogP contribution in [0.15, 0.2) is 212 Å². The molecule has 9 rings (SSSR count). The van der Waals surface area contributed by atoms with Crippen LogP contribution in [0.25, 0.3) is 66.1 Å². The number of hydrogen-bond acceptors (Lipinski definition) is 1. The van der Waals surface area contributed by atoms with Gasteiger partial charge >= 0.3 is 0 Å². The molecule has 0 aliphatic heterocycles. The highest BCUT2D eigenvalue weighted by molar-refractivity contribution is 5.99. The summed E-state index contributed by atoms with van der Waals surface area (Å²) in [6.07, 6.45) is 0. The van der Waals surface area contributed by atoms with Crippen LogP contribution >= 0.6 is 0 Å². The van der Waals surface area contributed by atoms with E-state index < -0.39 is 0 Å². The van der Waals surface area contributed by atoms with E-state index in [2.05, 4.69) is 217 Å². The van der Waals surface area contributed by atoms with Gasteiger partial charge in [-0.15, -0.1) is 0 Å². The molecule has 9 aromatic carbocycles. The predicted molar refractivity (Wildman–Crippen MR) is 218 cm³/mol. The molecular formula is C50H35N. The van der Waals surface area contributed by atoms with Crippen LogP contribution in [0, 0.1) is 0 Å². The van der Waals surface area contributed by atoms with E-state index in [0.717, 1.165) is 17.1 Å². The van der Waals surface area contributed by atoms with Crippen LogP contribution in [0.4, 0.5) is 17.1 Å². The van der Waals surface area contributed by atoms with Crippen LogP contribution in [0.3, 0.4) is 0 Å². The minimum Gasteiger partial charge on any atom is -0.310 e. The van der Waals surface area contributed by atoms with E-state index in [1.165, 1.54) is 66.1 Å². The van der Waals surface area contributed by atoms with Crippen molar-refractivity contribution in [1.82, 2.24) is 0 Å². The Hall–Kier alpha value is -6.70. The highest BCUT2D eigenvalue weighted by atomic mass is 15.1. The largest absolute Gasteiger partial charge is 0.310 e. The quantitative estimate of drug-likeness (QED) is 0.166.